The molecule has 1 heterocycles. The molecule has 0 radical (unpaired) electrons. The van der Waals surface area contributed by atoms with Crippen LogP contribution in [0, 0.1) is 5.82 Å². The van der Waals surface area contributed by atoms with Gasteiger partial charge in [-0.25, -0.2) is 4.39 Å². The van der Waals surface area contributed by atoms with Gasteiger partial charge < -0.3 is 15.5 Å². The predicted molar refractivity (Wildman–Crippen MR) is 138 cm³/mol. The second-order valence-corrected chi connectivity index (χ2v) is 10.5. The highest BCUT2D eigenvalue weighted by Gasteiger charge is 2.25. The third-order valence-electron chi connectivity index (χ3n) is 6.62. The molecule has 1 aliphatic rings. The van der Waals surface area contributed by atoms with Crippen molar-refractivity contribution >= 4 is 28.2 Å². The molecule has 0 unspecified atom stereocenters. The molecule has 0 bridgehead atoms. The monoisotopic (exact) mass is 462 g/mol. The van der Waals surface area contributed by atoms with Crippen molar-refractivity contribution in [3.05, 3.63) is 65.6 Å². The van der Waals surface area contributed by atoms with E-state index >= 15 is 0 Å². The van der Waals surface area contributed by atoms with Crippen LogP contribution in [0.4, 0.5) is 15.8 Å². The van der Waals surface area contributed by atoms with E-state index < -0.39 is 5.82 Å². The first-order valence-corrected chi connectivity index (χ1v) is 12.1. The number of aromatic nitrogens is 1. The average Bonchev–Trinajstić information content (AvgIpc) is 2.79. The van der Waals surface area contributed by atoms with Gasteiger partial charge in [0.25, 0.3) is 5.91 Å². The molecule has 1 amide bonds. The molecule has 1 fully saturated rings. The Balaban J connectivity index is 1.42. The topological polar surface area (TPSA) is 57.3 Å². The largest absolute Gasteiger partial charge is 0.382 e. The van der Waals surface area contributed by atoms with Crippen LogP contribution < -0.4 is 15.5 Å². The number of amides is 1. The first-order chi connectivity index (χ1) is 16.1. The summed E-state index contributed by atoms with van der Waals surface area (Å²) in [5.74, 6) is -0.828. The molecule has 1 aliphatic carbocycles. The van der Waals surface area contributed by atoms with Gasteiger partial charge in [-0.15, -0.1) is 0 Å². The van der Waals surface area contributed by atoms with Crippen LogP contribution in [0.5, 0.6) is 0 Å². The Hall–Kier alpha value is -3.15. The van der Waals surface area contributed by atoms with Crippen LogP contribution in [0.1, 0.15) is 62.5 Å². The van der Waals surface area contributed by atoms with E-state index in [2.05, 4.69) is 49.6 Å². The van der Waals surface area contributed by atoms with Crippen LogP contribution in [0.2, 0.25) is 0 Å². The molecule has 34 heavy (non-hydrogen) atoms. The van der Waals surface area contributed by atoms with Crippen molar-refractivity contribution in [3.8, 4) is 0 Å². The van der Waals surface area contributed by atoms with Crippen LogP contribution in [0.3, 0.4) is 0 Å². The van der Waals surface area contributed by atoms with Gasteiger partial charge in [0.2, 0.25) is 0 Å². The van der Waals surface area contributed by atoms with Gasteiger partial charge in [-0.3, -0.25) is 9.78 Å². The van der Waals surface area contributed by atoms with Gasteiger partial charge in [-0.1, -0.05) is 39.0 Å². The summed E-state index contributed by atoms with van der Waals surface area (Å²) in [6, 6.07) is 15.4. The molecule has 180 valence electrons. The van der Waals surface area contributed by atoms with Crippen molar-refractivity contribution in [3.63, 3.8) is 0 Å². The lowest BCUT2D eigenvalue weighted by atomic mass is 9.89. The highest BCUT2D eigenvalue weighted by Crippen LogP contribution is 2.31. The van der Waals surface area contributed by atoms with Crippen molar-refractivity contribution in [2.45, 2.75) is 64.0 Å². The Morgan fingerprint density at radius 1 is 1.00 bits per heavy atom. The fourth-order valence-corrected chi connectivity index (χ4v) is 4.51. The number of para-hydroxylation sites is 1. The van der Waals surface area contributed by atoms with Crippen LogP contribution in [0.25, 0.3) is 10.9 Å². The third kappa shape index (κ3) is 5.32. The number of fused-ring (bicyclic) bond motifs is 1. The second kappa shape index (κ2) is 9.61. The van der Waals surface area contributed by atoms with E-state index in [9.17, 15) is 9.18 Å². The summed E-state index contributed by atoms with van der Waals surface area (Å²) in [6.45, 7) is 6.54. The van der Waals surface area contributed by atoms with Gasteiger partial charge >= 0.3 is 0 Å². The smallest absolute Gasteiger partial charge is 0.254 e. The SMILES string of the molecule is CN(C)c1ccc(F)c(C(=O)NC2CCC(Nc3cc(C(C)(C)C)nc4ccccc34)CC2)c1. The number of hydrogen-bond acceptors (Lipinski definition) is 4. The summed E-state index contributed by atoms with van der Waals surface area (Å²) in [4.78, 5) is 19.5. The quantitative estimate of drug-likeness (QED) is 0.496. The van der Waals surface area contributed by atoms with E-state index in [0.717, 1.165) is 53.7 Å². The molecule has 0 atom stereocenters. The molecule has 5 nitrogen and oxygen atoms in total. The zero-order chi connectivity index (χ0) is 24.5. The average molecular weight is 463 g/mol. The summed E-state index contributed by atoms with van der Waals surface area (Å²) < 4.78 is 14.3. The lowest BCUT2D eigenvalue weighted by Crippen LogP contribution is -2.40. The summed E-state index contributed by atoms with van der Waals surface area (Å²) >= 11 is 0. The lowest BCUT2D eigenvalue weighted by Gasteiger charge is -2.31. The maximum atomic E-state index is 14.3. The van der Waals surface area contributed by atoms with E-state index in [4.69, 9.17) is 4.98 Å². The maximum Gasteiger partial charge on any atom is 0.254 e. The Morgan fingerprint density at radius 2 is 1.68 bits per heavy atom. The molecule has 4 rings (SSSR count). The highest BCUT2D eigenvalue weighted by atomic mass is 19.1. The van der Waals surface area contributed by atoms with Crippen LogP contribution in [-0.4, -0.2) is 37.1 Å². The molecular formula is C28H35FN4O. The maximum absolute atomic E-state index is 14.3. The van der Waals surface area contributed by atoms with Crippen molar-refractivity contribution in [2.75, 3.05) is 24.3 Å². The fourth-order valence-electron chi connectivity index (χ4n) is 4.51. The van der Waals surface area contributed by atoms with E-state index in [-0.39, 0.29) is 22.9 Å². The number of benzene rings is 2. The zero-order valence-electron chi connectivity index (χ0n) is 20.8. The molecule has 0 spiro atoms. The van der Waals surface area contributed by atoms with Crippen LogP contribution >= 0.6 is 0 Å². The summed E-state index contributed by atoms with van der Waals surface area (Å²) in [7, 11) is 3.75. The lowest BCUT2D eigenvalue weighted by molar-refractivity contribution is 0.0922. The number of hydrogen-bond donors (Lipinski definition) is 2. The third-order valence-corrected chi connectivity index (χ3v) is 6.62. The number of rotatable bonds is 5. The molecule has 2 N–H and O–H groups in total. The van der Waals surface area contributed by atoms with Crippen molar-refractivity contribution in [2.24, 2.45) is 0 Å². The van der Waals surface area contributed by atoms with Crippen molar-refractivity contribution in [1.82, 2.24) is 10.3 Å². The molecule has 0 aliphatic heterocycles. The van der Waals surface area contributed by atoms with Gasteiger partial charge in [0.1, 0.15) is 5.82 Å². The number of anilines is 2. The zero-order valence-corrected chi connectivity index (χ0v) is 20.8. The predicted octanol–water partition coefficient (Wildman–Crippen LogP) is 5.89. The Labute approximate surface area is 201 Å². The van der Waals surface area contributed by atoms with E-state index in [1.165, 1.54) is 6.07 Å². The molecule has 3 aromatic rings. The number of nitrogens with zero attached hydrogens (tertiary/aromatic N) is 2. The minimum atomic E-state index is -0.488. The van der Waals surface area contributed by atoms with Gasteiger partial charge in [0.15, 0.2) is 0 Å². The van der Waals surface area contributed by atoms with E-state index in [1.807, 2.05) is 31.1 Å². The number of carbonyl (C=O) groups is 1. The van der Waals surface area contributed by atoms with Crippen LogP contribution in [-0.2, 0) is 5.41 Å². The number of halogens is 1. The summed E-state index contributed by atoms with van der Waals surface area (Å²) in [5, 5.41) is 7.93. The summed E-state index contributed by atoms with van der Waals surface area (Å²) in [6.07, 6.45) is 3.58. The van der Waals surface area contributed by atoms with Crippen LogP contribution in [0.15, 0.2) is 48.5 Å². The minimum Gasteiger partial charge on any atom is -0.382 e. The molecule has 6 heteroatoms. The Kier molecular flexibility index (Phi) is 6.78. The Bertz CT molecular complexity index is 1180. The van der Waals surface area contributed by atoms with Crippen molar-refractivity contribution < 1.29 is 9.18 Å². The van der Waals surface area contributed by atoms with Gasteiger partial charge in [0, 0.05) is 54.0 Å². The number of carbonyl (C=O) groups excluding carboxylic acids is 1. The first-order valence-electron chi connectivity index (χ1n) is 12.1. The Morgan fingerprint density at radius 3 is 2.35 bits per heavy atom. The molecule has 1 aromatic heterocycles. The fraction of sp³-hybridized carbons (Fsp3) is 0.429. The number of pyridine rings is 1. The summed E-state index contributed by atoms with van der Waals surface area (Å²) in [5.41, 5.74) is 4.05. The van der Waals surface area contributed by atoms with E-state index in [0.29, 0.717) is 6.04 Å². The standard InChI is InChI=1S/C28H35FN4O/c1-28(2,3)26-17-25(21-8-6-7-9-24(21)32-26)30-18-10-12-19(13-11-18)31-27(34)22-16-20(33(4)5)14-15-23(22)29/h6-9,14-19H,10-13H2,1-5H3,(H,30,32)(H,31,34). The number of nitrogens with one attached hydrogen (secondary N) is 2. The minimum absolute atomic E-state index is 0.0401. The normalized spacial score (nSPS) is 18.5. The second-order valence-electron chi connectivity index (χ2n) is 10.5. The molecule has 2 aromatic carbocycles. The first kappa shape index (κ1) is 24.0. The molecule has 0 saturated heterocycles. The van der Waals surface area contributed by atoms with Gasteiger partial charge in [-0.05, 0) is 56.0 Å². The van der Waals surface area contributed by atoms with Crippen molar-refractivity contribution in [1.29, 1.82) is 0 Å². The molecular weight excluding hydrogens is 427 g/mol. The molecule has 1 saturated carbocycles. The van der Waals surface area contributed by atoms with Gasteiger partial charge in [0.05, 0.1) is 11.1 Å². The van der Waals surface area contributed by atoms with E-state index in [1.54, 1.807) is 12.1 Å². The van der Waals surface area contributed by atoms with Gasteiger partial charge in [-0.2, -0.15) is 0 Å². The highest BCUT2D eigenvalue weighted by molar-refractivity contribution is 5.95.